The lowest BCUT2D eigenvalue weighted by atomic mass is 9.90. The zero-order chi connectivity index (χ0) is 47.5. The Labute approximate surface area is 401 Å². The normalized spacial score (nSPS) is 11.6. The van der Waals surface area contributed by atoms with Crippen molar-refractivity contribution in [2.75, 3.05) is 0 Å². The molecule has 12 aromatic rings. The van der Waals surface area contributed by atoms with E-state index in [4.69, 9.17) is 0 Å². The van der Waals surface area contributed by atoms with Gasteiger partial charge in [-0.05, 0) is 111 Å². The second-order valence-electron chi connectivity index (χ2n) is 17.4. The number of benzene rings is 10. The molecule has 0 saturated carbocycles. The molecule has 2 heterocycles. The third-order valence-corrected chi connectivity index (χ3v) is 13.5. The zero-order valence-electron chi connectivity index (χ0n) is 37.3. The number of nitriles is 2. The molecule has 330 valence electrons. The summed E-state index contributed by atoms with van der Waals surface area (Å²) in [6.45, 7) is 0. The van der Waals surface area contributed by atoms with Gasteiger partial charge in [-0.2, -0.15) is 23.7 Å². The Kier molecular flexibility index (Phi) is 10.0. The van der Waals surface area contributed by atoms with Crippen LogP contribution < -0.4 is 0 Å². The van der Waals surface area contributed by atoms with Gasteiger partial charge in [-0.15, -0.1) is 0 Å². The fraction of sp³-hybridized carbons (Fsp3) is 0.0159. The lowest BCUT2D eigenvalue weighted by molar-refractivity contribution is -0.137. The minimum atomic E-state index is -4.83. The molecule has 0 radical (unpaired) electrons. The average Bonchev–Trinajstić information content (AvgIpc) is 3.91. The largest absolute Gasteiger partial charge is 0.417 e. The van der Waals surface area contributed by atoms with Gasteiger partial charge in [0.15, 0.2) is 0 Å². The summed E-state index contributed by atoms with van der Waals surface area (Å²) in [6.07, 6.45) is -4.83. The van der Waals surface area contributed by atoms with E-state index >= 15 is 13.2 Å². The van der Waals surface area contributed by atoms with Gasteiger partial charge < -0.3 is 9.13 Å². The molecule has 12 rings (SSSR count). The molecule has 0 spiro atoms. The van der Waals surface area contributed by atoms with Gasteiger partial charge in [0, 0.05) is 32.7 Å². The molecule has 0 N–H and O–H groups in total. The van der Waals surface area contributed by atoms with Crippen molar-refractivity contribution in [3.8, 4) is 79.1 Å². The van der Waals surface area contributed by atoms with Crippen molar-refractivity contribution in [1.82, 2.24) is 9.13 Å². The van der Waals surface area contributed by atoms with Gasteiger partial charge in [-0.3, -0.25) is 0 Å². The molecule has 0 aliphatic carbocycles. The maximum absolute atomic E-state index is 15.4. The minimum absolute atomic E-state index is 0.0985. The topological polar surface area (TPSA) is 57.4 Å². The van der Waals surface area contributed by atoms with Crippen LogP contribution in [0.15, 0.2) is 224 Å². The van der Waals surface area contributed by atoms with Gasteiger partial charge >= 0.3 is 6.18 Å². The van der Waals surface area contributed by atoms with E-state index in [-0.39, 0.29) is 27.9 Å². The first-order valence-electron chi connectivity index (χ1n) is 22.9. The third-order valence-electron chi connectivity index (χ3n) is 13.5. The average molecular weight is 907 g/mol. The summed E-state index contributed by atoms with van der Waals surface area (Å²) in [4.78, 5) is 0. The smallest absolute Gasteiger partial charge is 0.308 e. The second kappa shape index (κ2) is 16.7. The van der Waals surface area contributed by atoms with Crippen LogP contribution in [0.3, 0.4) is 0 Å². The summed E-state index contributed by atoms with van der Waals surface area (Å²) in [5.74, 6) is 0. The standard InChI is InChI=1S/C63H37F3N4/c64-63(65,66)55-23-13-22-48(38-67)61(55)49-28-33-60(69-56-29-24-44(40-14-5-1-6-15-40)34-50(56)51-35-45(25-30-57(51)69)41-16-7-2-8-17-41)54(39-68)62(49)70-58-31-26-46(42-18-9-3-10-19-42)36-52(58)53-37-47(27-32-59(53)70)43-20-11-4-12-21-43/h1-37H. The van der Waals surface area contributed by atoms with Crippen LogP contribution in [-0.4, -0.2) is 9.13 Å². The molecule has 0 aliphatic heterocycles. The number of halogens is 3. The summed E-state index contributed by atoms with van der Waals surface area (Å²) in [6, 6.07) is 76.7. The van der Waals surface area contributed by atoms with E-state index in [0.717, 1.165) is 83.2 Å². The summed E-state index contributed by atoms with van der Waals surface area (Å²) >= 11 is 0. The molecule has 0 aliphatic rings. The monoisotopic (exact) mass is 906 g/mol. The van der Waals surface area contributed by atoms with E-state index in [2.05, 4.69) is 89.5 Å². The fourth-order valence-electron chi connectivity index (χ4n) is 10.3. The second-order valence-corrected chi connectivity index (χ2v) is 17.4. The van der Waals surface area contributed by atoms with E-state index in [1.165, 1.54) is 12.1 Å². The Morgan fingerprint density at radius 2 is 0.743 bits per heavy atom. The predicted octanol–water partition coefficient (Wildman–Crippen LogP) is 17.0. The van der Waals surface area contributed by atoms with Crippen LogP contribution in [0.5, 0.6) is 0 Å². The van der Waals surface area contributed by atoms with Crippen molar-refractivity contribution >= 4 is 43.6 Å². The number of hydrogen-bond donors (Lipinski definition) is 0. The maximum Gasteiger partial charge on any atom is 0.417 e. The molecule has 0 unspecified atom stereocenters. The molecule has 10 aromatic carbocycles. The first-order chi connectivity index (χ1) is 34.3. The Morgan fingerprint density at radius 1 is 0.357 bits per heavy atom. The van der Waals surface area contributed by atoms with Crippen LogP contribution in [0, 0.1) is 22.7 Å². The van der Waals surface area contributed by atoms with Crippen LogP contribution in [0.4, 0.5) is 13.2 Å². The van der Waals surface area contributed by atoms with Gasteiger partial charge in [0.1, 0.15) is 11.6 Å². The highest BCUT2D eigenvalue weighted by molar-refractivity contribution is 6.14. The van der Waals surface area contributed by atoms with E-state index in [1.54, 1.807) is 12.1 Å². The summed E-state index contributed by atoms with van der Waals surface area (Å²) in [5.41, 5.74) is 10.5. The van der Waals surface area contributed by atoms with Gasteiger partial charge in [0.2, 0.25) is 0 Å². The van der Waals surface area contributed by atoms with Crippen molar-refractivity contribution in [2.45, 2.75) is 6.18 Å². The summed E-state index contributed by atoms with van der Waals surface area (Å²) in [5, 5.41) is 26.0. The van der Waals surface area contributed by atoms with Crippen LogP contribution in [0.25, 0.3) is 111 Å². The quantitative estimate of drug-likeness (QED) is 0.160. The Morgan fingerprint density at radius 3 is 1.10 bits per heavy atom. The first-order valence-corrected chi connectivity index (χ1v) is 22.9. The lowest BCUT2D eigenvalue weighted by Crippen LogP contribution is -2.11. The summed E-state index contributed by atoms with van der Waals surface area (Å²) in [7, 11) is 0. The predicted molar refractivity (Wildman–Crippen MR) is 277 cm³/mol. The van der Waals surface area contributed by atoms with Crippen LogP contribution in [0.1, 0.15) is 16.7 Å². The van der Waals surface area contributed by atoms with Crippen molar-refractivity contribution < 1.29 is 13.2 Å². The van der Waals surface area contributed by atoms with E-state index in [0.29, 0.717) is 16.7 Å². The van der Waals surface area contributed by atoms with Crippen molar-refractivity contribution in [3.05, 3.63) is 241 Å². The molecule has 0 fully saturated rings. The first kappa shape index (κ1) is 42.0. The van der Waals surface area contributed by atoms with Gasteiger partial charge in [-0.25, -0.2) is 0 Å². The molecule has 7 heteroatoms. The van der Waals surface area contributed by atoms with Crippen molar-refractivity contribution in [1.29, 1.82) is 10.5 Å². The lowest BCUT2D eigenvalue weighted by Gasteiger charge is -2.22. The molecule has 0 saturated heterocycles. The van der Waals surface area contributed by atoms with Crippen molar-refractivity contribution in [2.24, 2.45) is 0 Å². The number of fused-ring (bicyclic) bond motifs is 6. The van der Waals surface area contributed by atoms with Crippen LogP contribution in [0.2, 0.25) is 0 Å². The Bertz CT molecular complexity index is 3910. The highest BCUT2D eigenvalue weighted by Crippen LogP contribution is 2.47. The number of nitrogens with zero attached hydrogens (tertiary/aromatic N) is 4. The fourth-order valence-corrected chi connectivity index (χ4v) is 10.3. The highest BCUT2D eigenvalue weighted by atomic mass is 19.4. The number of alkyl halides is 3. The molecule has 2 aromatic heterocycles. The number of hydrogen-bond acceptors (Lipinski definition) is 2. The van der Waals surface area contributed by atoms with Gasteiger partial charge in [0.05, 0.1) is 50.6 Å². The molecule has 70 heavy (non-hydrogen) atoms. The van der Waals surface area contributed by atoms with Crippen LogP contribution in [-0.2, 0) is 6.18 Å². The van der Waals surface area contributed by atoms with Gasteiger partial charge in [-0.1, -0.05) is 158 Å². The van der Waals surface area contributed by atoms with E-state index < -0.39 is 11.7 Å². The zero-order valence-corrected chi connectivity index (χ0v) is 37.3. The molecule has 4 nitrogen and oxygen atoms in total. The molecular weight excluding hydrogens is 870 g/mol. The molecule has 0 amide bonds. The third kappa shape index (κ3) is 6.91. The summed E-state index contributed by atoms with van der Waals surface area (Å²) < 4.78 is 50.2. The Hall–Kier alpha value is -9.43. The van der Waals surface area contributed by atoms with E-state index in [9.17, 15) is 10.5 Å². The van der Waals surface area contributed by atoms with Crippen LogP contribution >= 0.6 is 0 Å². The molecular formula is C63H37F3N4. The number of aromatic nitrogens is 2. The van der Waals surface area contributed by atoms with E-state index in [1.807, 2.05) is 126 Å². The Balaban J connectivity index is 1.22. The molecule has 0 bridgehead atoms. The SMILES string of the molecule is N#Cc1cccc(C(F)(F)F)c1-c1ccc(-n2c3ccc(-c4ccccc4)cc3c3cc(-c4ccccc4)ccc32)c(C#N)c1-n1c2ccc(-c3ccccc3)cc2c2cc(-c3ccccc3)ccc21. The van der Waals surface area contributed by atoms with Gasteiger partial charge in [0.25, 0.3) is 0 Å². The maximum atomic E-state index is 15.4. The molecule has 0 atom stereocenters. The van der Waals surface area contributed by atoms with Crippen molar-refractivity contribution in [3.63, 3.8) is 0 Å². The number of rotatable bonds is 7. The minimum Gasteiger partial charge on any atom is -0.308 e. The highest BCUT2D eigenvalue weighted by Gasteiger charge is 2.37.